The van der Waals surface area contributed by atoms with Crippen LogP contribution < -0.4 is 15.8 Å². The van der Waals surface area contributed by atoms with Crippen molar-refractivity contribution in [3.8, 4) is 5.75 Å². The van der Waals surface area contributed by atoms with Gasteiger partial charge in [-0.05, 0) is 43.5 Å². The predicted molar refractivity (Wildman–Crippen MR) is 87.3 cm³/mol. The van der Waals surface area contributed by atoms with Crippen molar-refractivity contribution in [1.29, 1.82) is 0 Å². The summed E-state index contributed by atoms with van der Waals surface area (Å²) < 4.78 is 5.75. The first-order chi connectivity index (χ1) is 10.6. The van der Waals surface area contributed by atoms with Crippen LogP contribution in [0.25, 0.3) is 0 Å². The number of hydrogen-bond acceptors (Lipinski definition) is 6. The largest absolute Gasteiger partial charge is 0.494 e. The molecule has 0 aliphatic rings. The van der Waals surface area contributed by atoms with E-state index in [1.807, 2.05) is 12.1 Å². The zero-order chi connectivity index (χ0) is 15.9. The van der Waals surface area contributed by atoms with Crippen molar-refractivity contribution in [2.75, 3.05) is 18.5 Å². The number of rotatable bonds is 7. The minimum atomic E-state index is -0.263. The molecule has 0 spiro atoms. The molecule has 1 aromatic carbocycles. The Kier molecular flexibility index (Phi) is 5.85. The number of amides is 1. The summed E-state index contributed by atoms with van der Waals surface area (Å²) in [5.41, 5.74) is 7.62. The molecule has 0 atom stereocenters. The Hall–Kier alpha value is -1.99. The van der Waals surface area contributed by atoms with Crippen molar-refractivity contribution in [3.05, 3.63) is 34.3 Å². The number of nitrogens with zero attached hydrogens (tertiary/aromatic N) is 2. The maximum atomic E-state index is 11.1. The highest BCUT2D eigenvalue weighted by Gasteiger charge is 2.07. The summed E-state index contributed by atoms with van der Waals surface area (Å²) in [6.07, 6.45) is 1.60. The fraction of sp³-hybridized carbons (Fsp3) is 0.400. The number of anilines is 1. The topological polar surface area (TPSA) is 90.1 Å². The minimum Gasteiger partial charge on any atom is -0.494 e. The van der Waals surface area contributed by atoms with Crippen molar-refractivity contribution >= 4 is 22.4 Å². The molecule has 0 unspecified atom stereocenters. The van der Waals surface area contributed by atoms with E-state index in [0.717, 1.165) is 23.6 Å². The molecule has 0 radical (unpaired) electrons. The Morgan fingerprint density at radius 3 is 2.68 bits per heavy atom. The summed E-state index contributed by atoms with van der Waals surface area (Å²) in [6.45, 7) is 4.67. The van der Waals surface area contributed by atoms with Crippen molar-refractivity contribution in [3.63, 3.8) is 0 Å². The molecule has 1 aromatic heterocycles. The van der Waals surface area contributed by atoms with Gasteiger partial charge in [-0.1, -0.05) is 17.4 Å². The van der Waals surface area contributed by atoms with E-state index in [1.54, 1.807) is 0 Å². The fourth-order valence-corrected chi connectivity index (χ4v) is 2.80. The zero-order valence-corrected chi connectivity index (χ0v) is 13.6. The smallest absolute Gasteiger partial charge is 0.239 e. The number of benzene rings is 1. The molecular weight excluding hydrogens is 300 g/mol. The Morgan fingerprint density at radius 2 is 2.00 bits per heavy atom. The second kappa shape index (κ2) is 7.86. The lowest BCUT2D eigenvalue weighted by Gasteiger charge is -2.07. The quantitative estimate of drug-likeness (QED) is 0.762. The number of aryl methyl sites for hydroxylation is 3. The first-order valence-corrected chi connectivity index (χ1v) is 7.92. The molecule has 0 bridgehead atoms. The number of aromatic nitrogens is 2. The van der Waals surface area contributed by atoms with Gasteiger partial charge in [-0.25, -0.2) is 0 Å². The van der Waals surface area contributed by atoms with Crippen LogP contribution in [0.1, 0.15) is 22.6 Å². The van der Waals surface area contributed by atoms with Crippen LogP contribution in [-0.4, -0.2) is 29.3 Å². The molecule has 7 heteroatoms. The van der Waals surface area contributed by atoms with Gasteiger partial charge in [0.15, 0.2) is 0 Å². The molecule has 2 rings (SSSR count). The van der Waals surface area contributed by atoms with Crippen molar-refractivity contribution in [1.82, 2.24) is 10.2 Å². The monoisotopic (exact) mass is 320 g/mol. The van der Waals surface area contributed by atoms with Crippen LogP contribution in [0.15, 0.2) is 18.2 Å². The van der Waals surface area contributed by atoms with E-state index in [1.165, 1.54) is 22.5 Å². The highest BCUT2D eigenvalue weighted by molar-refractivity contribution is 7.15. The first kappa shape index (κ1) is 16.4. The standard InChI is InChI=1S/C15H20N4O2S/c1-10-6-11(2)8-12(7-10)21-5-3-4-14-18-19-15(22-14)17-13(20)9-16/h6-8H,3-5,9,16H2,1-2H3,(H,17,19,20). The molecule has 118 valence electrons. The molecule has 3 N–H and O–H groups in total. The van der Waals surface area contributed by atoms with Gasteiger partial charge in [0.1, 0.15) is 10.8 Å². The summed E-state index contributed by atoms with van der Waals surface area (Å²) in [7, 11) is 0. The number of carbonyl (C=O) groups excluding carboxylic acids is 1. The average molecular weight is 320 g/mol. The number of nitrogens with one attached hydrogen (secondary N) is 1. The van der Waals surface area contributed by atoms with Gasteiger partial charge < -0.3 is 10.5 Å². The second-order valence-corrected chi connectivity index (χ2v) is 6.09. The lowest BCUT2D eigenvalue weighted by atomic mass is 10.1. The van der Waals surface area contributed by atoms with E-state index >= 15 is 0 Å². The van der Waals surface area contributed by atoms with E-state index < -0.39 is 0 Å². The second-order valence-electron chi connectivity index (χ2n) is 5.03. The van der Waals surface area contributed by atoms with Crippen LogP contribution in [-0.2, 0) is 11.2 Å². The van der Waals surface area contributed by atoms with Crippen LogP contribution in [0.5, 0.6) is 5.75 Å². The third-order valence-electron chi connectivity index (χ3n) is 2.90. The molecule has 2 aromatic rings. The van der Waals surface area contributed by atoms with E-state index in [9.17, 15) is 4.79 Å². The van der Waals surface area contributed by atoms with Gasteiger partial charge in [-0.2, -0.15) is 0 Å². The molecule has 6 nitrogen and oxygen atoms in total. The Bertz CT molecular complexity index is 622. The average Bonchev–Trinajstić information content (AvgIpc) is 2.90. The van der Waals surface area contributed by atoms with Crippen LogP contribution in [0.3, 0.4) is 0 Å². The summed E-state index contributed by atoms with van der Waals surface area (Å²) >= 11 is 1.36. The molecule has 0 fully saturated rings. The molecule has 0 saturated carbocycles. The molecule has 0 saturated heterocycles. The van der Waals surface area contributed by atoms with Gasteiger partial charge in [0.25, 0.3) is 0 Å². The van der Waals surface area contributed by atoms with Gasteiger partial charge in [0.05, 0.1) is 13.2 Å². The van der Waals surface area contributed by atoms with E-state index in [2.05, 4.69) is 35.4 Å². The fourth-order valence-electron chi connectivity index (χ4n) is 2.01. The first-order valence-electron chi connectivity index (χ1n) is 7.10. The van der Waals surface area contributed by atoms with Gasteiger partial charge in [0, 0.05) is 6.42 Å². The lowest BCUT2D eigenvalue weighted by molar-refractivity contribution is -0.114. The summed E-state index contributed by atoms with van der Waals surface area (Å²) in [6, 6.07) is 6.17. The van der Waals surface area contributed by atoms with Gasteiger partial charge >= 0.3 is 0 Å². The highest BCUT2D eigenvalue weighted by Crippen LogP contribution is 2.18. The SMILES string of the molecule is Cc1cc(C)cc(OCCCc2nnc(NC(=O)CN)s2)c1. The Morgan fingerprint density at radius 1 is 1.27 bits per heavy atom. The van der Waals surface area contributed by atoms with Crippen molar-refractivity contribution in [2.45, 2.75) is 26.7 Å². The number of ether oxygens (including phenoxy) is 1. The van der Waals surface area contributed by atoms with Crippen LogP contribution in [0.4, 0.5) is 5.13 Å². The lowest BCUT2D eigenvalue weighted by Crippen LogP contribution is -2.21. The molecular formula is C15H20N4O2S. The van der Waals surface area contributed by atoms with Crippen LogP contribution >= 0.6 is 11.3 Å². The molecule has 1 amide bonds. The van der Waals surface area contributed by atoms with Crippen LogP contribution in [0.2, 0.25) is 0 Å². The van der Waals surface area contributed by atoms with Crippen LogP contribution in [0, 0.1) is 13.8 Å². The van der Waals surface area contributed by atoms with Gasteiger partial charge in [-0.15, -0.1) is 10.2 Å². The summed E-state index contributed by atoms with van der Waals surface area (Å²) in [5.74, 6) is 0.631. The maximum absolute atomic E-state index is 11.1. The van der Waals surface area contributed by atoms with Gasteiger partial charge in [-0.3, -0.25) is 10.1 Å². The normalized spacial score (nSPS) is 10.5. The minimum absolute atomic E-state index is 0.0569. The third kappa shape index (κ3) is 5.09. The summed E-state index contributed by atoms with van der Waals surface area (Å²) in [5, 5.41) is 11.9. The highest BCUT2D eigenvalue weighted by atomic mass is 32.1. The van der Waals surface area contributed by atoms with Crippen molar-refractivity contribution in [2.24, 2.45) is 5.73 Å². The third-order valence-corrected chi connectivity index (χ3v) is 3.80. The van der Waals surface area contributed by atoms with Crippen molar-refractivity contribution < 1.29 is 9.53 Å². The number of hydrogen-bond donors (Lipinski definition) is 2. The number of carbonyl (C=O) groups is 1. The van der Waals surface area contributed by atoms with E-state index in [-0.39, 0.29) is 12.5 Å². The van der Waals surface area contributed by atoms with E-state index in [4.69, 9.17) is 10.5 Å². The predicted octanol–water partition coefficient (Wildman–Crippen LogP) is 2.06. The molecule has 0 aliphatic carbocycles. The number of nitrogens with two attached hydrogens (primary N) is 1. The Labute approximate surface area is 133 Å². The van der Waals surface area contributed by atoms with Gasteiger partial charge in [0.2, 0.25) is 11.0 Å². The molecule has 0 aliphatic heterocycles. The molecule has 1 heterocycles. The Balaban J connectivity index is 1.75. The maximum Gasteiger partial charge on any atom is 0.239 e. The summed E-state index contributed by atoms with van der Waals surface area (Å²) in [4.78, 5) is 11.1. The van der Waals surface area contributed by atoms with E-state index in [0.29, 0.717) is 11.7 Å². The molecule has 22 heavy (non-hydrogen) atoms. The zero-order valence-electron chi connectivity index (χ0n) is 12.8.